The van der Waals surface area contributed by atoms with Crippen LogP contribution in [0.2, 0.25) is 0 Å². The fourth-order valence-electron chi connectivity index (χ4n) is 4.85. The first kappa shape index (κ1) is 22.7. The van der Waals surface area contributed by atoms with Gasteiger partial charge in [0.15, 0.2) is 17.3 Å². The van der Waals surface area contributed by atoms with E-state index in [4.69, 9.17) is 20.2 Å². The third-order valence-electron chi connectivity index (χ3n) is 6.43. The van der Waals surface area contributed by atoms with Gasteiger partial charge in [0.2, 0.25) is 5.88 Å². The lowest BCUT2D eigenvalue weighted by molar-refractivity contribution is -0.255. The second-order valence-corrected chi connectivity index (χ2v) is 9.34. The lowest BCUT2D eigenvalue weighted by Gasteiger charge is -2.44. The van der Waals surface area contributed by atoms with Crippen LogP contribution in [0.1, 0.15) is 45.2 Å². The van der Waals surface area contributed by atoms with Gasteiger partial charge in [0.25, 0.3) is 0 Å². The van der Waals surface area contributed by atoms with E-state index in [0.717, 1.165) is 11.1 Å². The van der Waals surface area contributed by atoms with Gasteiger partial charge in [0.05, 0.1) is 18.1 Å². The molecule has 0 saturated heterocycles. The third-order valence-corrected chi connectivity index (χ3v) is 6.43. The Balaban J connectivity index is 1.65. The number of benzene rings is 2. The summed E-state index contributed by atoms with van der Waals surface area (Å²) in [7, 11) is 1.44. The number of ether oxygens (including phenoxy) is 1. The number of rotatable bonds is 7. The van der Waals surface area contributed by atoms with Crippen molar-refractivity contribution < 1.29 is 19.3 Å². The van der Waals surface area contributed by atoms with Gasteiger partial charge < -0.3 is 20.7 Å². The zero-order valence-electron chi connectivity index (χ0n) is 19.7. The normalized spacial score (nSPS) is 21.7. The first-order chi connectivity index (χ1) is 15.7. The first-order valence-electron chi connectivity index (χ1n) is 11.0. The van der Waals surface area contributed by atoms with Gasteiger partial charge in [-0.15, -0.1) is 0 Å². The minimum Gasteiger partial charge on any atom is -0.439 e. The van der Waals surface area contributed by atoms with E-state index in [0.29, 0.717) is 40.7 Å². The summed E-state index contributed by atoms with van der Waals surface area (Å²) in [6.07, 6.45) is 2.30. The topological polar surface area (TPSA) is 82.8 Å². The average molecular weight is 447 g/mol. The van der Waals surface area contributed by atoms with Crippen LogP contribution in [0.5, 0.6) is 0 Å². The van der Waals surface area contributed by atoms with E-state index in [1.165, 1.54) is 7.11 Å². The molecule has 0 amide bonds. The van der Waals surface area contributed by atoms with Crippen LogP contribution in [0, 0.1) is 5.41 Å². The Kier molecular flexibility index (Phi) is 5.80. The number of Topliss-reactive ketones (excluding diaryl/α,β-unsaturated/α-hetero) is 1. The molecule has 1 unspecified atom stereocenters. The SMILES string of the molecule is COOC1=C(C(C)=C2NC=C(c3ccccc3)O2)C(=O)C1(C)CC(C)(C)c1ccccc1N. The first-order valence-corrected chi connectivity index (χ1v) is 11.0. The maximum absolute atomic E-state index is 13.6. The number of hydrogen-bond acceptors (Lipinski definition) is 6. The molecule has 1 heterocycles. The molecule has 6 nitrogen and oxygen atoms in total. The van der Waals surface area contributed by atoms with Crippen molar-refractivity contribution in [3.8, 4) is 0 Å². The van der Waals surface area contributed by atoms with Gasteiger partial charge in [-0.05, 0) is 37.3 Å². The average Bonchev–Trinajstić information content (AvgIpc) is 3.29. The number of carbonyl (C=O) groups excluding carboxylic acids is 1. The number of nitrogens with one attached hydrogen (secondary N) is 1. The molecule has 4 rings (SSSR count). The van der Waals surface area contributed by atoms with Crippen molar-refractivity contribution in [3.63, 3.8) is 0 Å². The Bertz CT molecular complexity index is 1180. The van der Waals surface area contributed by atoms with Crippen molar-refractivity contribution in [2.24, 2.45) is 5.41 Å². The molecule has 1 atom stereocenters. The molecule has 1 aliphatic carbocycles. The minimum absolute atomic E-state index is 0.0133. The van der Waals surface area contributed by atoms with Crippen LogP contribution in [-0.4, -0.2) is 12.9 Å². The number of allylic oxidation sites excluding steroid dienone is 3. The van der Waals surface area contributed by atoms with E-state index in [1.807, 2.05) is 68.4 Å². The van der Waals surface area contributed by atoms with E-state index < -0.39 is 5.41 Å². The van der Waals surface area contributed by atoms with Crippen molar-refractivity contribution >= 4 is 17.2 Å². The van der Waals surface area contributed by atoms with Crippen LogP contribution in [0.3, 0.4) is 0 Å². The summed E-state index contributed by atoms with van der Waals surface area (Å²) in [6, 6.07) is 17.5. The number of para-hydroxylation sites is 1. The van der Waals surface area contributed by atoms with E-state index in [-0.39, 0.29) is 11.2 Å². The lowest BCUT2D eigenvalue weighted by Crippen LogP contribution is -2.47. The van der Waals surface area contributed by atoms with Crippen LogP contribution >= 0.6 is 0 Å². The molecule has 2 aliphatic rings. The molecular weight excluding hydrogens is 416 g/mol. The molecule has 172 valence electrons. The van der Waals surface area contributed by atoms with E-state index in [1.54, 1.807) is 6.20 Å². The number of carbonyl (C=O) groups is 1. The van der Waals surface area contributed by atoms with Gasteiger partial charge in [-0.25, -0.2) is 0 Å². The highest BCUT2D eigenvalue weighted by atomic mass is 17.2. The fourth-order valence-corrected chi connectivity index (χ4v) is 4.85. The number of anilines is 1. The van der Waals surface area contributed by atoms with Crippen molar-refractivity contribution in [3.05, 3.63) is 94.7 Å². The summed E-state index contributed by atoms with van der Waals surface area (Å²) < 4.78 is 6.03. The van der Waals surface area contributed by atoms with Crippen LogP contribution in [0.4, 0.5) is 5.69 Å². The minimum atomic E-state index is -0.854. The highest BCUT2D eigenvalue weighted by Crippen LogP contribution is 2.53. The molecule has 3 N–H and O–H groups in total. The third kappa shape index (κ3) is 3.91. The summed E-state index contributed by atoms with van der Waals surface area (Å²) in [6.45, 7) is 7.91. The molecule has 33 heavy (non-hydrogen) atoms. The highest BCUT2D eigenvalue weighted by molar-refractivity contribution is 6.12. The van der Waals surface area contributed by atoms with Crippen LogP contribution in [-0.2, 0) is 24.7 Å². The zero-order valence-corrected chi connectivity index (χ0v) is 19.7. The summed E-state index contributed by atoms with van der Waals surface area (Å²) in [5.74, 6) is 1.68. The molecule has 0 radical (unpaired) electrons. The van der Waals surface area contributed by atoms with Crippen LogP contribution in [0.15, 0.2) is 83.6 Å². The standard InChI is InChI=1S/C27H30N2O4/c1-17(25-29-15-21(32-25)18-11-7-6-8-12-18)22-23(30)27(4,24(22)33-31-5)16-26(2,3)19-13-9-10-14-20(19)28/h6-15,29H,16,28H2,1-5H3. The van der Waals surface area contributed by atoms with Gasteiger partial charge in [-0.3, -0.25) is 4.79 Å². The predicted molar refractivity (Wildman–Crippen MR) is 128 cm³/mol. The molecule has 1 aliphatic heterocycles. The molecule has 0 bridgehead atoms. The predicted octanol–water partition coefficient (Wildman–Crippen LogP) is 5.21. The largest absolute Gasteiger partial charge is 0.439 e. The molecule has 6 heteroatoms. The summed E-state index contributed by atoms with van der Waals surface area (Å²) >= 11 is 0. The van der Waals surface area contributed by atoms with Crippen molar-refractivity contribution in [2.45, 2.75) is 39.5 Å². The Labute approximate surface area is 194 Å². The highest BCUT2D eigenvalue weighted by Gasteiger charge is 2.56. The zero-order chi connectivity index (χ0) is 23.8. The Morgan fingerprint density at radius 1 is 1.12 bits per heavy atom. The van der Waals surface area contributed by atoms with Crippen molar-refractivity contribution in [2.75, 3.05) is 12.8 Å². The number of nitrogen functional groups attached to an aromatic ring is 1. The van der Waals surface area contributed by atoms with Gasteiger partial charge >= 0.3 is 0 Å². The van der Waals surface area contributed by atoms with Gasteiger partial charge in [0.1, 0.15) is 0 Å². The van der Waals surface area contributed by atoms with Crippen LogP contribution < -0.4 is 11.1 Å². The molecule has 0 fully saturated rings. The van der Waals surface area contributed by atoms with Crippen LogP contribution in [0.25, 0.3) is 5.76 Å². The van der Waals surface area contributed by atoms with Gasteiger partial charge in [0, 0.05) is 23.0 Å². The number of nitrogens with two attached hydrogens (primary N) is 1. The second-order valence-electron chi connectivity index (χ2n) is 9.34. The van der Waals surface area contributed by atoms with Crippen molar-refractivity contribution in [1.82, 2.24) is 5.32 Å². The molecule has 2 aromatic rings. The molecule has 0 saturated carbocycles. The summed E-state index contributed by atoms with van der Waals surface area (Å²) in [4.78, 5) is 24.2. The molecule has 2 aromatic carbocycles. The maximum Gasteiger partial charge on any atom is 0.201 e. The Morgan fingerprint density at radius 2 is 1.79 bits per heavy atom. The lowest BCUT2D eigenvalue weighted by atomic mass is 9.59. The van der Waals surface area contributed by atoms with E-state index in [9.17, 15) is 4.79 Å². The molecular formula is C27H30N2O4. The molecule has 0 aromatic heterocycles. The second kappa shape index (κ2) is 8.45. The monoisotopic (exact) mass is 446 g/mol. The summed E-state index contributed by atoms with van der Waals surface area (Å²) in [5, 5.41) is 3.14. The quantitative estimate of drug-likeness (QED) is 0.345. The summed E-state index contributed by atoms with van der Waals surface area (Å²) in [5.41, 5.74) is 8.81. The Hall–Kier alpha value is -3.51. The fraction of sp³-hybridized carbons (Fsp3) is 0.296. The van der Waals surface area contributed by atoms with E-state index >= 15 is 0 Å². The van der Waals surface area contributed by atoms with Gasteiger partial charge in [-0.1, -0.05) is 62.4 Å². The maximum atomic E-state index is 13.6. The number of hydrogen-bond donors (Lipinski definition) is 2. The number of ketones is 1. The van der Waals surface area contributed by atoms with Crippen molar-refractivity contribution in [1.29, 1.82) is 0 Å². The molecule has 0 spiro atoms. The smallest absolute Gasteiger partial charge is 0.201 e. The Morgan fingerprint density at radius 3 is 2.45 bits per heavy atom. The van der Waals surface area contributed by atoms with E-state index in [2.05, 4.69) is 19.2 Å². The van der Waals surface area contributed by atoms with Gasteiger partial charge in [-0.2, -0.15) is 4.89 Å².